The Balaban J connectivity index is 1.29. The number of likely N-dealkylation sites (N-methyl/N-ethyl adjacent to an activating group) is 1. The van der Waals surface area contributed by atoms with Gasteiger partial charge in [0, 0.05) is 80.3 Å². The first-order valence-electron chi connectivity index (χ1n) is 22.8. The van der Waals surface area contributed by atoms with Crippen LogP contribution in [0.5, 0.6) is 0 Å². The fourth-order valence-corrected chi connectivity index (χ4v) is 9.75. The van der Waals surface area contributed by atoms with Crippen LogP contribution in [0.15, 0.2) is 55.3 Å². The Bertz CT molecular complexity index is 2470. The SMILES string of the molecule is C=CC(=O)N1CC[C@H]([N+](=O)N(C)[C@H](C(=O)N[C@H]2Cc3cc(n(C)n3)-c3ccc4c(c3)c(c(-c3cccnc3[C@H](C)OC)n4CC)CC(C)(C)COC(=O)[C@@H]3CCCN(N3)C2=O)C(C)C)C1. The normalized spacial score (nSPS) is 21.2. The first-order valence-corrected chi connectivity index (χ1v) is 22.8. The Hall–Kier alpha value is -5.94. The van der Waals surface area contributed by atoms with Crippen molar-refractivity contribution in [2.24, 2.45) is 18.4 Å². The second-order valence-corrected chi connectivity index (χ2v) is 18.8. The number of nitrogens with zero attached hydrogens (tertiary/aromatic N) is 8. The third kappa shape index (κ3) is 9.57. The standard InChI is InChI=1S/C48H64N10O7/c1-11-41(59)55-22-19-33(27-55)58(63)54(9)43(29(3)4)45(60)50-38-24-32-25-40(53(8)51-32)31-17-18-39-35(23-31)36(44(56(39)12-2)34-15-13-20-49-42(34)30(5)64-10)26-48(6,7)28-65-47(62)37-16-14-21-57(52-37)46(38)61/h11,13,15,17-18,20,23,25,29-30,33,37-38,43,52H,1,12,14,16,19,21-22,24,26-28H2,2-10H3/p+1/t30-,33-,37-,38-,43-/m0/s1. The van der Waals surface area contributed by atoms with Crippen LogP contribution in [0.25, 0.3) is 33.4 Å². The quantitative estimate of drug-likeness (QED) is 0.0906. The van der Waals surface area contributed by atoms with E-state index in [4.69, 9.17) is 19.6 Å². The van der Waals surface area contributed by atoms with Crippen LogP contribution >= 0.6 is 0 Å². The molecule has 0 saturated carbocycles. The minimum Gasteiger partial charge on any atom is -0.464 e. The van der Waals surface area contributed by atoms with E-state index in [9.17, 15) is 24.1 Å². The Morgan fingerprint density at radius 3 is 2.63 bits per heavy atom. The molecular formula is C48H65N10O7+. The fourth-order valence-electron chi connectivity index (χ4n) is 9.75. The highest BCUT2D eigenvalue weighted by atomic mass is 16.5. The van der Waals surface area contributed by atoms with Gasteiger partial charge in [0.25, 0.3) is 11.9 Å². The molecule has 2 fully saturated rings. The predicted octanol–water partition coefficient (Wildman–Crippen LogP) is 4.92. The molecule has 3 amide bonds. The van der Waals surface area contributed by atoms with Gasteiger partial charge in [-0.15, -0.1) is 5.01 Å². The van der Waals surface area contributed by atoms with Crippen molar-refractivity contribution in [1.29, 1.82) is 0 Å². The van der Waals surface area contributed by atoms with E-state index in [0.717, 1.165) is 49.5 Å². The van der Waals surface area contributed by atoms with Gasteiger partial charge < -0.3 is 24.3 Å². The summed E-state index contributed by atoms with van der Waals surface area (Å²) in [6, 6.07) is 8.94. The third-order valence-electron chi connectivity index (χ3n) is 13.1. The van der Waals surface area contributed by atoms with Gasteiger partial charge in [-0.1, -0.05) is 40.3 Å². The monoisotopic (exact) mass is 894 g/mol. The maximum Gasteiger partial charge on any atom is 0.324 e. The summed E-state index contributed by atoms with van der Waals surface area (Å²) in [5, 5.41) is 11.7. The maximum absolute atomic E-state index is 14.7. The van der Waals surface area contributed by atoms with Gasteiger partial charge in [-0.25, -0.2) is 5.43 Å². The molecule has 5 atom stereocenters. The van der Waals surface area contributed by atoms with E-state index >= 15 is 0 Å². The molecule has 7 rings (SSSR count). The first-order chi connectivity index (χ1) is 31.0. The number of benzene rings is 1. The van der Waals surface area contributed by atoms with Crippen LogP contribution in [0.3, 0.4) is 0 Å². The van der Waals surface area contributed by atoms with Crippen molar-refractivity contribution in [2.45, 2.75) is 110 Å². The highest BCUT2D eigenvalue weighted by Crippen LogP contribution is 2.42. The molecule has 0 unspecified atom stereocenters. The summed E-state index contributed by atoms with van der Waals surface area (Å²) in [5.41, 5.74) is 9.88. The van der Waals surface area contributed by atoms with Gasteiger partial charge in [0.2, 0.25) is 11.8 Å². The van der Waals surface area contributed by atoms with Crippen LogP contribution in [0.2, 0.25) is 0 Å². The zero-order valence-corrected chi connectivity index (χ0v) is 39.3. The molecule has 17 nitrogen and oxygen atoms in total. The Kier molecular flexibility index (Phi) is 13.9. The molecule has 0 spiro atoms. The van der Waals surface area contributed by atoms with Crippen LogP contribution in [0.1, 0.15) is 83.9 Å². The van der Waals surface area contributed by atoms with Crippen molar-refractivity contribution in [3.63, 3.8) is 0 Å². The number of hydrogen-bond acceptors (Lipinski definition) is 10. The number of amides is 3. The largest absolute Gasteiger partial charge is 0.464 e. The number of ether oxygens (including phenoxy) is 2. The van der Waals surface area contributed by atoms with Gasteiger partial charge >= 0.3 is 5.97 Å². The van der Waals surface area contributed by atoms with Crippen molar-refractivity contribution in [2.75, 3.05) is 40.4 Å². The number of fused-ring (bicyclic) bond motifs is 6. The Labute approximate surface area is 381 Å². The molecule has 3 aromatic heterocycles. The highest BCUT2D eigenvalue weighted by Gasteiger charge is 2.45. The lowest BCUT2D eigenvalue weighted by Gasteiger charge is -2.36. The zero-order chi connectivity index (χ0) is 46.9. The number of nitrogens with one attached hydrogen (secondary N) is 2. The maximum atomic E-state index is 14.7. The van der Waals surface area contributed by atoms with Crippen molar-refractivity contribution in [3.05, 3.63) is 77.1 Å². The second-order valence-electron chi connectivity index (χ2n) is 18.8. The van der Waals surface area contributed by atoms with Gasteiger partial charge in [-0.2, -0.15) is 5.10 Å². The van der Waals surface area contributed by atoms with E-state index in [1.54, 1.807) is 29.9 Å². The van der Waals surface area contributed by atoms with E-state index in [0.29, 0.717) is 51.0 Å². The summed E-state index contributed by atoms with van der Waals surface area (Å²) < 4.78 is 16.0. The lowest BCUT2D eigenvalue weighted by atomic mass is 9.84. The molecule has 6 bridgehead atoms. The minimum atomic E-state index is -1.12. The summed E-state index contributed by atoms with van der Waals surface area (Å²) in [5.74, 6) is -2.02. The van der Waals surface area contributed by atoms with Gasteiger partial charge in [0.15, 0.2) is 6.04 Å². The Morgan fingerprint density at radius 1 is 1.15 bits per heavy atom. The molecule has 6 heterocycles. The van der Waals surface area contributed by atoms with E-state index in [2.05, 4.69) is 66.9 Å². The number of aryl methyl sites for hydroxylation is 2. The lowest BCUT2D eigenvalue weighted by Crippen LogP contribution is -2.62. The highest BCUT2D eigenvalue weighted by molar-refractivity contribution is 5.95. The van der Waals surface area contributed by atoms with Gasteiger partial charge in [-0.05, 0) is 81.0 Å². The fraction of sp³-hybridized carbons (Fsp3) is 0.542. The summed E-state index contributed by atoms with van der Waals surface area (Å²) >= 11 is 0. The van der Waals surface area contributed by atoms with Crippen LogP contribution in [0, 0.1) is 16.2 Å². The topological polar surface area (TPSA) is 176 Å². The number of hydrogen-bond donors (Lipinski definition) is 2. The molecule has 4 aromatic rings. The van der Waals surface area contributed by atoms with Crippen LogP contribution in [-0.4, -0.2) is 127 Å². The first kappa shape index (κ1) is 47.0. The molecule has 65 heavy (non-hydrogen) atoms. The number of carbonyl (C=O) groups excluding carboxylic acids is 4. The molecule has 0 radical (unpaired) electrons. The summed E-state index contributed by atoms with van der Waals surface area (Å²) in [6.07, 6.45) is 4.77. The molecule has 2 N–H and O–H groups in total. The predicted molar refractivity (Wildman–Crippen MR) is 246 cm³/mol. The average Bonchev–Trinajstić information content (AvgIpc) is 4.02. The van der Waals surface area contributed by atoms with Crippen LogP contribution in [0.4, 0.5) is 0 Å². The molecule has 3 aliphatic heterocycles. The number of hydrazine groups is 2. The second kappa shape index (κ2) is 19.3. The van der Waals surface area contributed by atoms with E-state index < -0.39 is 47.4 Å². The van der Waals surface area contributed by atoms with Crippen molar-refractivity contribution in [1.82, 2.24) is 45.0 Å². The third-order valence-corrected chi connectivity index (χ3v) is 13.1. The molecule has 348 valence electrons. The molecule has 1 aromatic carbocycles. The zero-order valence-electron chi connectivity index (χ0n) is 39.3. The number of pyridine rings is 1. The Morgan fingerprint density at radius 2 is 1.92 bits per heavy atom. The summed E-state index contributed by atoms with van der Waals surface area (Å²) in [4.78, 5) is 76.3. The van der Waals surface area contributed by atoms with E-state index in [1.807, 2.05) is 40.0 Å². The number of carbonyl (C=O) groups is 4. The molecule has 3 aliphatic rings. The summed E-state index contributed by atoms with van der Waals surface area (Å²) in [7, 11) is 5.10. The molecule has 2 saturated heterocycles. The number of rotatable bonds is 11. The number of aromatic nitrogens is 4. The van der Waals surface area contributed by atoms with E-state index in [1.165, 1.54) is 16.1 Å². The minimum absolute atomic E-state index is 0.0298. The van der Waals surface area contributed by atoms with Gasteiger partial charge in [0.1, 0.15) is 17.0 Å². The average molecular weight is 894 g/mol. The molecular weight excluding hydrogens is 829 g/mol. The summed E-state index contributed by atoms with van der Waals surface area (Å²) in [6.45, 7) is 17.3. The molecule has 17 heteroatoms. The molecule has 0 aliphatic carbocycles. The van der Waals surface area contributed by atoms with Crippen LogP contribution in [-0.2, 0) is 55.1 Å². The van der Waals surface area contributed by atoms with Crippen molar-refractivity contribution in [3.8, 4) is 22.5 Å². The van der Waals surface area contributed by atoms with E-state index in [-0.39, 0.29) is 37.5 Å². The van der Waals surface area contributed by atoms with Crippen molar-refractivity contribution < 1.29 is 33.5 Å². The van der Waals surface area contributed by atoms with Gasteiger partial charge in [-0.3, -0.25) is 33.9 Å². The smallest absolute Gasteiger partial charge is 0.324 e. The number of esters is 1. The van der Waals surface area contributed by atoms with Crippen molar-refractivity contribution >= 4 is 34.6 Å². The number of cyclic esters (lactones) is 1. The van der Waals surface area contributed by atoms with Gasteiger partial charge in [0.05, 0.1) is 54.0 Å². The number of nitroso groups, excluding NO2 is 1. The number of likely N-dealkylation sites (tertiary alicyclic amines) is 1. The lowest BCUT2D eigenvalue weighted by molar-refractivity contribution is -0.732. The van der Waals surface area contributed by atoms with Crippen LogP contribution < -0.4 is 10.7 Å². The number of methoxy groups -OCH3 is 1.